The van der Waals surface area contributed by atoms with E-state index in [1.165, 1.54) is 18.4 Å². The molecule has 0 radical (unpaired) electrons. The van der Waals surface area contributed by atoms with Crippen LogP contribution in [0.1, 0.15) is 24.8 Å². The number of benzene rings is 1. The standard InChI is InChI=1S/C14H20N2O3S/c1-16(2)20(18,19)13-8-3-11(4-9-13)5-10-14(17)15-12-6-7-12/h3-4,8-9,12H,5-7,10H2,1-2H3,(H,15,17). The smallest absolute Gasteiger partial charge is 0.242 e. The van der Waals surface area contributed by atoms with Crippen LogP contribution < -0.4 is 5.32 Å². The van der Waals surface area contributed by atoms with Crippen molar-refractivity contribution >= 4 is 15.9 Å². The number of hydrogen-bond donors (Lipinski definition) is 1. The summed E-state index contributed by atoms with van der Waals surface area (Å²) in [6, 6.07) is 7.09. The molecule has 1 amide bonds. The Labute approximate surface area is 120 Å². The van der Waals surface area contributed by atoms with E-state index in [0.29, 0.717) is 18.9 Å². The highest BCUT2D eigenvalue weighted by Crippen LogP contribution is 2.19. The van der Waals surface area contributed by atoms with E-state index in [1.54, 1.807) is 24.3 Å². The van der Waals surface area contributed by atoms with Gasteiger partial charge >= 0.3 is 0 Å². The number of hydrogen-bond acceptors (Lipinski definition) is 3. The van der Waals surface area contributed by atoms with Crippen molar-refractivity contribution < 1.29 is 13.2 Å². The fourth-order valence-corrected chi connectivity index (χ4v) is 2.73. The van der Waals surface area contributed by atoms with Crippen LogP contribution in [0.3, 0.4) is 0 Å². The minimum absolute atomic E-state index is 0.0671. The van der Waals surface area contributed by atoms with Gasteiger partial charge in [-0.2, -0.15) is 0 Å². The molecule has 0 heterocycles. The van der Waals surface area contributed by atoms with Crippen LogP contribution >= 0.6 is 0 Å². The van der Waals surface area contributed by atoms with Crippen LogP contribution in [0.2, 0.25) is 0 Å². The van der Waals surface area contributed by atoms with Crippen LogP contribution in [0.15, 0.2) is 29.2 Å². The van der Waals surface area contributed by atoms with Crippen molar-refractivity contribution in [3.8, 4) is 0 Å². The van der Waals surface area contributed by atoms with E-state index in [1.807, 2.05) is 0 Å². The number of amides is 1. The van der Waals surface area contributed by atoms with Crippen LogP contribution in [0.4, 0.5) is 0 Å². The average molecular weight is 296 g/mol. The Morgan fingerprint density at radius 2 is 1.85 bits per heavy atom. The SMILES string of the molecule is CN(C)S(=O)(=O)c1ccc(CCC(=O)NC2CC2)cc1. The first-order chi connectivity index (χ1) is 9.39. The third-order valence-corrected chi connectivity index (χ3v) is 5.11. The first-order valence-corrected chi connectivity index (χ1v) is 8.14. The second-order valence-corrected chi connectivity index (χ2v) is 7.43. The van der Waals surface area contributed by atoms with E-state index in [4.69, 9.17) is 0 Å². The van der Waals surface area contributed by atoms with Crippen molar-refractivity contribution in [3.63, 3.8) is 0 Å². The maximum atomic E-state index is 11.9. The lowest BCUT2D eigenvalue weighted by molar-refractivity contribution is -0.121. The Morgan fingerprint density at radius 1 is 1.25 bits per heavy atom. The van der Waals surface area contributed by atoms with Crippen molar-refractivity contribution in [2.75, 3.05) is 14.1 Å². The molecule has 1 aromatic carbocycles. The highest BCUT2D eigenvalue weighted by atomic mass is 32.2. The second kappa shape index (κ2) is 5.93. The summed E-state index contributed by atoms with van der Waals surface area (Å²) in [5.41, 5.74) is 0.966. The monoisotopic (exact) mass is 296 g/mol. The van der Waals surface area contributed by atoms with Crippen molar-refractivity contribution in [3.05, 3.63) is 29.8 Å². The highest BCUT2D eigenvalue weighted by molar-refractivity contribution is 7.89. The lowest BCUT2D eigenvalue weighted by Crippen LogP contribution is -2.25. The third kappa shape index (κ3) is 3.80. The van der Waals surface area contributed by atoms with E-state index >= 15 is 0 Å². The number of aryl methyl sites for hydroxylation is 1. The van der Waals surface area contributed by atoms with Crippen LogP contribution in [0, 0.1) is 0 Å². The van der Waals surface area contributed by atoms with Gasteiger partial charge < -0.3 is 5.32 Å². The lowest BCUT2D eigenvalue weighted by Gasteiger charge is -2.11. The zero-order valence-electron chi connectivity index (χ0n) is 11.8. The van der Waals surface area contributed by atoms with Gasteiger partial charge in [-0.25, -0.2) is 12.7 Å². The van der Waals surface area contributed by atoms with E-state index < -0.39 is 10.0 Å². The average Bonchev–Trinajstić information content (AvgIpc) is 3.20. The fourth-order valence-electron chi connectivity index (χ4n) is 1.82. The van der Waals surface area contributed by atoms with Crippen LogP contribution in [0.25, 0.3) is 0 Å². The van der Waals surface area contributed by atoms with Crippen LogP contribution in [-0.2, 0) is 21.2 Å². The molecular weight excluding hydrogens is 276 g/mol. The van der Waals surface area contributed by atoms with Gasteiger partial charge in [0, 0.05) is 26.6 Å². The van der Waals surface area contributed by atoms with Gasteiger partial charge in [0.05, 0.1) is 4.90 Å². The molecule has 0 aromatic heterocycles. The molecule has 20 heavy (non-hydrogen) atoms. The summed E-state index contributed by atoms with van der Waals surface area (Å²) in [5, 5.41) is 2.93. The molecule has 1 saturated carbocycles. The number of rotatable bonds is 6. The Kier molecular flexibility index (Phi) is 4.45. The molecule has 1 N–H and O–H groups in total. The molecule has 1 aromatic rings. The first-order valence-electron chi connectivity index (χ1n) is 6.70. The predicted molar refractivity (Wildman–Crippen MR) is 76.8 cm³/mol. The number of nitrogens with zero attached hydrogens (tertiary/aromatic N) is 1. The van der Waals surface area contributed by atoms with Crippen molar-refractivity contribution in [1.29, 1.82) is 0 Å². The van der Waals surface area contributed by atoms with Gasteiger partial charge in [-0.3, -0.25) is 4.79 Å². The maximum absolute atomic E-state index is 11.9. The van der Waals surface area contributed by atoms with Crippen molar-refractivity contribution in [2.45, 2.75) is 36.6 Å². The summed E-state index contributed by atoms with van der Waals surface area (Å²) < 4.78 is 25.0. The van der Waals surface area contributed by atoms with Crippen LogP contribution in [-0.4, -0.2) is 38.8 Å². The Hall–Kier alpha value is -1.40. The molecule has 5 nitrogen and oxygen atoms in total. The molecule has 2 rings (SSSR count). The normalized spacial score (nSPS) is 15.3. The number of sulfonamides is 1. The van der Waals surface area contributed by atoms with Gasteiger partial charge in [-0.1, -0.05) is 12.1 Å². The quantitative estimate of drug-likeness (QED) is 0.856. The molecule has 1 aliphatic carbocycles. The second-order valence-electron chi connectivity index (χ2n) is 5.27. The third-order valence-electron chi connectivity index (χ3n) is 3.29. The number of carbonyl (C=O) groups excluding carboxylic acids is 1. The van der Waals surface area contributed by atoms with E-state index in [2.05, 4.69) is 5.32 Å². The highest BCUT2D eigenvalue weighted by Gasteiger charge is 2.22. The van der Waals surface area contributed by atoms with Gasteiger partial charge in [-0.15, -0.1) is 0 Å². The van der Waals surface area contributed by atoms with Gasteiger partial charge in [0.1, 0.15) is 0 Å². The Balaban J connectivity index is 1.92. The molecule has 6 heteroatoms. The minimum Gasteiger partial charge on any atom is -0.353 e. The van der Waals surface area contributed by atoms with Gasteiger partial charge in [0.2, 0.25) is 15.9 Å². The summed E-state index contributed by atoms with van der Waals surface area (Å²) >= 11 is 0. The predicted octanol–water partition coefficient (Wildman–Crippen LogP) is 1.15. The number of carbonyl (C=O) groups is 1. The van der Waals surface area contributed by atoms with Crippen molar-refractivity contribution in [2.24, 2.45) is 0 Å². The zero-order valence-corrected chi connectivity index (χ0v) is 12.6. The summed E-state index contributed by atoms with van der Waals surface area (Å²) in [6.07, 6.45) is 3.24. The van der Waals surface area contributed by atoms with Crippen LogP contribution in [0.5, 0.6) is 0 Å². The first kappa shape index (κ1) is 15.0. The maximum Gasteiger partial charge on any atom is 0.242 e. The molecule has 0 aliphatic heterocycles. The van der Waals surface area contributed by atoms with Crippen molar-refractivity contribution in [1.82, 2.24) is 9.62 Å². The molecule has 0 bridgehead atoms. The molecule has 0 spiro atoms. The summed E-state index contributed by atoms with van der Waals surface area (Å²) in [6.45, 7) is 0. The minimum atomic E-state index is -3.38. The van der Waals surface area contributed by atoms with Gasteiger partial charge in [0.25, 0.3) is 0 Å². The molecule has 1 aliphatic rings. The van der Waals surface area contributed by atoms with E-state index in [9.17, 15) is 13.2 Å². The molecule has 0 unspecified atom stereocenters. The molecule has 110 valence electrons. The van der Waals surface area contributed by atoms with Gasteiger partial charge in [0.15, 0.2) is 0 Å². The molecule has 1 fully saturated rings. The van der Waals surface area contributed by atoms with E-state index in [-0.39, 0.29) is 10.8 Å². The Morgan fingerprint density at radius 3 is 2.35 bits per heavy atom. The summed E-state index contributed by atoms with van der Waals surface area (Å²) in [5.74, 6) is 0.0671. The fraction of sp³-hybridized carbons (Fsp3) is 0.500. The zero-order chi connectivity index (χ0) is 14.8. The summed E-state index contributed by atoms with van der Waals surface area (Å²) in [7, 11) is -0.368. The topological polar surface area (TPSA) is 66.5 Å². The molecule has 0 saturated heterocycles. The lowest BCUT2D eigenvalue weighted by atomic mass is 10.1. The Bertz CT molecular complexity index is 575. The largest absolute Gasteiger partial charge is 0.353 e. The summed E-state index contributed by atoms with van der Waals surface area (Å²) in [4.78, 5) is 11.8. The molecule has 0 atom stereocenters. The van der Waals surface area contributed by atoms with E-state index in [0.717, 1.165) is 18.4 Å². The molecular formula is C14H20N2O3S. The number of nitrogens with one attached hydrogen (secondary N) is 1. The van der Waals surface area contributed by atoms with Gasteiger partial charge in [-0.05, 0) is 37.0 Å².